The molecule has 2 aromatic carbocycles. The van der Waals surface area contributed by atoms with Gasteiger partial charge in [0.2, 0.25) is 0 Å². The molecular weight excluding hydrogens is 246 g/mol. The highest BCUT2D eigenvalue weighted by molar-refractivity contribution is 6.01. The average molecular weight is 263 g/mol. The molecule has 2 nitrogen and oxygen atoms in total. The van der Waals surface area contributed by atoms with Crippen LogP contribution in [0.15, 0.2) is 42.5 Å². The maximum absolute atomic E-state index is 12.1. The van der Waals surface area contributed by atoms with E-state index in [2.05, 4.69) is 42.6 Å². The Morgan fingerprint density at radius 2 is 1.90 bits per heavy atom. The van der Waals surface area contributed by atoms with Gasteiger partial charge in [0.25, 0.3) is 0 Å². The van der Waals surface area contributed by atoms with Crippen LogP contribution in [0.3, 0.4) is 0 Å². The number of hydrogen-bond donors (Lipinski definition) is 1. The van der Waals surface area contributed by atoms with Crippen molar-refractivity contribution in [3.63, 3.8) is 0 Å². The van der Waals surface area contributed by atoms with Crippen molar-refractivity contribution in [3.05, 3.63) is 64.7 Å². The van der Waals surface area contributed by atoms with Crippen LogP contribution in [0.25, 0.3) is 0 Å². The normalized spacial score (nSPS) is 23.4. The third kappa shape index (κ3) is 1.54. The van der Waals surface area contributed by atoms with Gasteiger partial charge in [-0.3, -0.25) is 4.79 Å². The molecule has 1 N–H and O–H groups in total. The van der Waals surface area contributed by atoms with Crippen LogP contribution in [-0.2, 0) is 0 Å². The molecule has 0 amide bonds. The van der Waals surface area contributed by atoms with Crippen molar-refractivity contribution in [2.75, 3.05) is 5.32 Å². The Morgan fingerprint density at radius 1 is 1.10 bits per heavy atom. The SMILES string of the molecule is Cc1ccc2c3c1NC(c1ccccc1)C3CCC2=O. The van der Waals surface area contributed by atoms with Crippen molar-refractivity contribution in [1.29, 1.82) is 0 Å². The van der Waals surface area contributed by atoms with Gasteiger partial charge in [-0.1, -0.05) is 42.5 Å². The van der Waals surface area contributed by atoms with E-state index in [1.807, 2.05) is 12.1 Å². The van der Waals surface area contributed by atoms with Gasteiger partial charge < -0.3 is 5.32 Å². The van der Waals surface area contributed by atoms with Gasteiger partial charge in [0, 0.05) is 23.6 Å². The van der Waals surface area contributed by atoms with E-state index in [0.29, 0.717) is 24.2 Å². The van der Waals surface area contributed by atoms with E-state index in [4.69, 9.17) is 0 Å². The lowest BCUT2D eigenvalue weighted by molar-refractivity contribution is 0.0966. The first-order valence-corrected chi connectivity index (χ1v) is 7.24. The van der Waals surface area contributed by atoms with E-state index in [-0.39, 0.29) is 0 Å². The Hall–Kier alpha value is -2.09. The molecule has 100 valence electrons. The molecule has 1 aliphatic heterocycles. The van der Waals surface area contributed by atoms with Crippen molar-refractivity contribution in [2.45, 2.75) is 31.7 Å². The molecule has 0 bridgehead atoms. The summed E-state index contributed by atoms with van der Waals surface area (Å²) in [6.07, 6.45) is 1.63. The molecule has 2 atom stereocenters. The van der Waals surface area contributed by atoms with Crippen LogP contribution < -0.4 is 5.32 Å². The maximum atomic E-state index is 12.1. The summed E-state index contributed by atoms with van der Waals surface area (Å²) in [6.45, 7) is 2.12. The third-order valence-electron chi connectivity index (χ3n) is 4.67. The summed E-state index contributed by atoms with van der Waals surface area (Å²) in [5, 5.41) is 3.67. The summed E-state index contributed by atoms with van der Waals surface area (Å²) in [7, 11) is 0. The average Bonchev–Trinajstić information content (AvgIpc) is 2.87. The molecule has 0 fully saturated rings. The number of carbonyl (C=O) groups is 1. The summed E-state index contributed by atoms with van der Waals surface area (Å²) in [5.41, 5.74) is 5.94. The van der Waals surface area contributed by atoms with Crippen LogP contribution in [0.2, 0.25) is 0 Å². The van der Waals surface area contributed by atoms with E-state index < -0.39 is 0 Å². The largest absolute Gasteiger partial charge is 0.377 e. The number of ketones is 1. The molecule has 4 rings (SSSR count). The smallest absolute Gasteiger partial charge is 0.163 e. The first kappa shape index (κ1) is 11.7. The number of aryl methyl sites for hydroxylation is 1. The van der Waals surface area contributed by atoms with Gasteiger partial charge in [-0.15, -0.1) is 0 Å². The molecule has 2 unspecified atom stereocenters. The van der Waals surface area contributed by atoms with Crippen LogP contribution in [-0.4, -0.2) is 5.78 Å². The maximum Gasteiger partial charge on any atom is 0.163 e. The third-order valence-corrected chi connectivity index (χ3v) is 4.67. The fourth-order valence-electron chi connectivity index (χ4n) is 3.68. The van der Waals surface area contributed by atoms with Crippen LogP contribution >= 0.6 is 0 Å². The lowest BCUT2D eigenvalue weighted by Gasteiger charge is -2.24. The predicted octanol–water partition coefficient (Wildman–Crippen LogP) is 4.22. The van der Waals surface area contributed by atoms with Crippen molar-refractivity contribution in [1.82, 2.24) is 0 Å². The number of rotatable bonds is 1. The molecular formula is C18H17NO. The topological polar surface area (TPSA) is 29.1 Å². The lowest BCUT2D eigenvalue weighted by Crippen LogP contribution is -2.18. The highest BCUT2D eigenvalue weighted by atomic mass is 16.1. The van der Waals surface area contributed by atoms with Crippen LogP contribution in [0.1, 0.15) is 51.8 Å². The second-order valence-corrected chi connectivity index (χ2v) is 5.82. The second kappa shape index (κ2) is 4.20. The Balaban J connectivity index is 1.87. The monoisotopic (exact) mass is 263 g/mol. The van der Waals surface area contributed by atoms with E-state index in [1.165, 1.54) is 22.4 Å². The molecule has 0 radical (unpaired) electrons. The quantitative estimate of drug-likeness (QED) is 0.834. The van der Waals surface area contributed by atoms with E-state index in [9.17, 15) is 4.79 Å². The summed E-state index contributed by atoms with van der Waals surface area (Å²) < 4.78 is 0. The zero-order valence-corrected chi connectivity index (χ0v) is 11.5. The molecule has 20 heavy (non-hydrogen) atoms. The minimum Gasteiger partial charge on any atom is -0.377 e. The number of hydrogen-bond acceptors (Lipinski definition) is 2. The van der Waals surface area contributed by atoms with Crippen molar-refractivity contribution in [2.24, 2.45) is 0 Å². The molecule has 2 aliphatic rings. The first-order chi connectivity index (χ1) is 9.75. The minimum atomic E-state index is 0.299. The zero-order valence-electron chi connectivity index (χ0n) is 11.5. The van der Waals surface area contributed by atoms with E-state index in [0.717, 1.165) is 12.0 Å². The van der Waals surface area contributed by atoms with Gasteiger partial charge in [0.1, 0.15) is 0 Å². The van der Waals surface area contributed by atoms with Gasteiger partial charge in [0.05, 0.1) is 6.04 Å². The number of Topliss-reactive ketones (excluding diaryl/α,β-unsaturated/α-hetero) is 1. The van der Waals surface area contributed by atoms with Crippen LogP contribution in [0.4, 0.5) is 5.69 Å². The van der Waals surface area contributed by atoms with Crippen molar-refractivity contribution < 1.29 is 4.79 Å². The Labute approximate surface area is 118 Å². The molecule has 1 aliphatic carbocycles. The molecule has 2 heteroatoms. The molecule has 0 saturated carbocycles. The summed E-state index contributed by atoms with van der Waals surface area (Å²) in [6, 6.07) is 15.0. The standard InChI is InChI=1S/C18H17NO/c1-11-7-8-13-15(20)10-9-14-16(13)17(11)19-18(14)12-5-3-2-4-6-12/h2-8,14,18-19H,9-10H2,1H3. The number of anilines is 1. The summed E-state index contributed by atoms with van der Waals surface area (Å²) in [5.74, 6) is 0.730. The molecule has 0 spiro atoms. The highest BCUT2D eigenvalue weighted by Gasteiger charge is 2.39. The van der Waals surface area contributed by atoms with Gasteiger partial charge >= 0.3 is 0 Å². The van der Waals surface area contributed by atoms with Crippen molar-refractivity contribution >= 4 is 11.5 Å². The number of carbonyl (C=O) groups excluding carboxylic acids is 1. The summed E-state index contributed by atoms with van der Waals surface area (Å²) >= 11 is 0. The Kier molecular flexibility index (Phi) is 2.46. The first-order valence-electron chi connectivity index (χ1n) is 7.24. The molecule has 0 saturated heterocycles. The number of benzene rings is 2. The fourth-order valence-corrected chi connectivity index (χ4v) is 3.68. The fraction of sp³-hybridized carbons (Fsp3) is 0.278. The van der Waals surface area contributed by atoms with Gasteiger partial charge in [-0.2, -0.15) is 0 Å². The molecule has 2 aromatic rings. The van der Waals surface area contributed by atoms with Crippen LogP contribution in [0, 0.1) is 6.92 Å². The number of nitrogens with one attached hydrogen (secondary N) is 1. The zero-order chi connectivity index (χ0) is 13.7. The van der Waals surface area contributed by atoms with Gasteiger partial charge in [0.15, 0.2) is 5.78 Å². The predicted molar refractivity (Wildman–Crippen MR) is 80.3 cm³/mol. The second-order valence-electron chi connectivity index (χ2n) is 5.82. The molecule has 0 aromatic heterocycles. The highest BCUT2D eigenvalue weighted by Crippen LogP contribution is 2.51. The van der Waals surface area contributed by atoms with E-state index in [1.54, 1.807) is 0 Å². The summed E-state index contributed by atoms with van der Waals surface area (Å²) in [4.78, 5) is 12.1. The van der Waals surface area contributed by atoms with Gasteiger partial charge in [-0.05, 0) is 30.0 Å². The minimum absolute atomic E-state index is 0.299. The lowest BCUT2D eigenvalue weighted by atomic mass is 9.78. The van der Waals surface area contributed by atoms with E-state index >= 15 is 0 Å². The van der Waals surface area contributed by atoms with Crippen molar-refractivity contribution in [3.8, 4) is 0 Å². The Morgan fingerprint density at radius 3 is 2.70 bits per heavy atom. The van der Waals surface area contributed by atoms with Gasteiger partial charge in [-0.25, -0.2) is 0 Å². The molecule has 1 heterocycles. The van der Waals surface area contributed by atoms with Crippen LogP contribution in [0.5, 0.6) is 0 Å². The Bertz CT molecular complexity index is 690.